The molecule has 0 saturated heterocycles. The van der Waals surface area contributed by atoms with Crippen LogP contribution in [0.3, 0.4) is 0 Å². The number of aliphatic hydroxyl groups is 1. The number of fused-ring (bicyclic) bond motifs is 3. The number of benzene rings is 2. The van der Waals surface area contributed by atoms with Crippen molar-refractivity contribution in [3.05, 3.63) is 53.6 Å². The molecule has 5 amide bonds. The molecule has 3 aromatic rings. The summed E-state index contributed by atoms with van der Waals surface area (Å²) in [5.41, 5.74) is 1.37. The van der Waals surface area contributed by atoms with Gasteiger partial charge in [0, 0.05) is 34.7 Å². The zero-order valence-corrected chi connectivity index (χ0v) is 31.1. The summed E-state index contributed by atoms with van der Waals surface area (Å²) >= 11 is 1.06. The third-order valence-corrected chi connectivity index (χ3v) is 9.72. The molecular formula is C36H46N6O10S. The summed E-state index contributed by atoms with van der Waals surface area (Å²) in [5.74, 6) is -4.80. The molecule has 6 atom stereocenters. The van der Waals surface area contributed by atoms with E-state index in [0.717, 1.165) is 11.8 Å². The molecule has 0 bridgehead atoms. The van der Waals surface area contributed by atoms with Gasteiger partial charge < -0.3 is 51.3 Å². The Bertz CT molecular complexity index is 1820. The number of aromatic amines is 1. The number of H-pyrrole nitrogens is 1. The summed E-state index contributed by atoms with van der Waals surface area (Å²) in [5, 5.41) is 34.5. The first-order chi connectivity index (χ1) is 25.1. The summed E-state index contributed by atoms with van der Waals surface area (Å²) < 4.78 is 10.6. The van der Waals surface area contributed by atoms with Crippen LogP contribution in [0.1, 0.15) is 50.0 Å². The molecule has 286 valence electrons. The first-order valence-electron chi connectivity index (χ1n) is 17.0. The summed E-state index contributed by atoms with van der Waals surface area (Å²) in [6, 6.07) is 5.06. The Balaban J connectivity index is 1.82. The molecule has 2 aromatic carbocycles. The van der Waals surface area contributed by atoms with Gasteiger partial charge in [-0.3, -0.25) is 24.0 Å². The summed E-state index contributed by atoms with van der Waals surface area (Å²) in [6.07, 6.45) is -1.36. The maximum Gasteiger partial charge on any atom is 0.327 e. The van der Waals surface area contributed by atoms with Gasteiger partial charge in [-0.25, -0.2) is 4.79 Å². The van der Waals surface area contributed by atoms with Crippen molar-refractivity contribution in [2.75, 3.05) is 20.0 Å². The predicted octanol–water partition coefficient (Wildman–Crippen LogP) is 1.10. The highest BCUT2D eigenvalue weighted by molar-refractivity contribution is 7.99. The molecule has 8 N–H and O–H groups in total. The quantitative estimate of drug-likeness (QED) is 0.162. The molecule has 1 aromatic heterocycles. The molecule has 0 radical (unpaired) electrons. The van der Waals surface area contributed by atoms with E-state index in [4.69, 9.17) is 9.47 Å². The van der Waals surface area contributed by atoms with E-state index >= 15 is 0 Å². The van der Waals surface area contributed by atoms with Crippen LogP contribution in [0.5, 0.6) is 11.5 Å². The molecule has 16 nitrogen and oxygen atoms in total. The number of thioether (sulfide) groups is 1. The van der Waals surface area contributed by atoms with Crippen LogP contribution >= 0.6 is 11.8 Å². The first kappa shape index (κ1) is 40.5. The number of rotatable bonds is 8. The Hall–Kier alpha value is -5.29. The third-order valence-electron chi connectivity index (χ3n) is 8.58. The van der Waals surface area contributed by atoms with Crippen molar-refractivity contribution in [2.24, 2.45) is 5.92 Å². The number of aliphatic carboxylic acids is 1. The van der Waals surface area contributed by atoms with E-state index in [1.54, 1.807) is 24.3 Å². The van der Waals surface area contributed by atoms with Gasteiger partial charge in [-0.2, -0.15) is 0 Å². The lowest BCUT2D eigenvalue weighted by atomic mass is 10.00. The lowest BCUT2D eigenvalue weighted by molar-refractivity contribution is -0.142. The number of ether oxygens (including phenoxy) is 2. The highest BCUT2D eigenvalue weighted by Gasteiger charge is 2.34. The van der Waals surface area contributed by atoms with Gasteiger partial charge >= 0.3 is 5.97 Å². The van der Waals surface area contributed by atoms with E-state index in [0.29, 0.717) is 33.0 Å². The number of carbonyl (C=O) groups excluding carboxylic acids is 5. The monoisotopic (exact) mass is 754 g/mol. The van der Waals surface area contributed by atoms with Gasteiger partial charge in [-0.15, -0.1) is 11.8 Å². The van der Waals surface area contributed by atoms with E-state index in [2.05, 4.69) is 31.6 Å². The number of carbonyl (C=O) groups is 6. The SMILES string of the molecule is COc1cc(OC)cc(C(=O)N[C@H]2Cc3c([nH]c4ccccc34)SC[C@@H](C(=O)O)NC(=O)[C@H]([C@@H](C)O)NC(=O)[C@@H](C)NC(=O)[C@H](CC(C)C)NC2=O)c1. The Morgan fingerprint density at radius 1 is 0.906 bits per heavy atom. The van der Waals surface area contributed by atoms with Gasteiger partial charge in [0.1, 0.15) is 41.7 Å². The molecule has 0 spiro atoms. The summed E-state index contributed by atoms with van der Waals surface area (Å²) in [7, 11) is 2.86. The van der Waals surface area contributed by atoms with Crippen LogP contribution in [0.25, 0.3) is 10.9 Å². The Kier molecular flexibility index (Phi) is 13.7. The highest BCUT2D eigenvalue weighted by Crippen LogP contribution is 2.32. The van der Waals surface area contributed by atoms with Crippen LogP contribution in [0.4, 0.5) is 0 Å². The minimum Gasteiger partial charge on any atom is -0.497 e. The average molecular weight is 755 g/mol. The average Bonchev–Trinajstić information content (AvgIpc) is 3.46. The minimum absolute atomic E-state index is 0.0903. The van der Waals surface area contributed by atoms with Crippen LogP contribution in [-0.4, -0.2) is 107 Å². The first-order valence-corrected chi connectivity index (χ1v) is 18.0. The van der Waals surface area contributed by atoms with Crippen molar-refractivity contribution >= 4 is 58.2 Å². The van der Waals surface area contributed by atoms with Crippen molar-refractivity contribution in [1.29, 1.82) is 0 Å². The number of carboxylic acid groups (broad SMARTS) is 1. The minimum atomic E-state index is -1.55. The molecule has 2 heterocycles. The van der Waals surface area contributed by atoms with E-state index in [9.17, 15) is 39.0 Å². The number of amides is 5. The molecule has 0 saturated carbocycles. The number of aromatic nitrogens is 1. The lowest BCUT2D eigenvalue weighted by Crippen LogP contribution is -2.60. The van der Waals surface area contributed by atoms with E-state index < -0.39 is 71.8 Å². The number of hydrogen-bond acceptors (Lipinski definition) is 10. The molecule has 1 aliphatic heterocycles. The van der Waals surface area contributed by atoms with Gasteiger partial charge in [0.25, 0.3) is 5.91 Å². The summed E-state index contributed by atoms with van der Waals surface area (Å²) in [4.78, 5) is 83.7. The second-order valence-corrected chi connectivity index (χ2v) is 14.2. The Morgan fingerprint density at radius 3 is 2.17 bits per heavy atom. The van der Waals surface area contributed by atoms with Gasteiger partial charge in [0.15, 0.2) is 0 Å². The molecule has 0 unspecified atom stereocenters. The van der Waals surface area contributed by atoms with Gasteiger partial charge in [0.05, 0.1) is 25.3 Å². The fourth-order valence-electron chi connectivity index (χ4n) is 5.74. The maximum absolute atomic E-state index is 14.3. The zero-order chi connectivity index (χ0) is 39.0. The topological polar surface area (TPSA) is 237 Å². The normalized spacial score (nSPS) is 22.6. The molecule has 0 fully saturated rings. The molecule has 1 aliphatic rings. The second kappa shape index (κ2) is 18.0. The number of carboxylic acids is 1. The molecule has 4 rings (SSSR count). The molecular weight excluding hydrogens is 708 g/mol. The van der Waals surface area contributed by atoms with Crippen LogP contribution in [0.15, 0.2) is 47.5 Å². The Labute approximate surface area is 310 Å². The lowest BCUT2D eigenvalue weighted by Gasteiger charge is -2.27. The van der Waals surface area contributed by atoms with Crippen molar-refractivity contribution in [3.63, 3.8) is 0 Å². The number of hydrogen-bond donors (Lipinski definition) is 8. The summed E-state index contributed by atoms with van der Waals surface area (Å²) in [6.45, 7) is 6.32. The number of para-hydroxylation sites is 1. The highest BCUT2D eigenvalue weighted by atomic mass is 32.2. The van der Waals surface area contributed by atoms with E-state index in [-0.39, 0.29) is 30.1 Å². The standard InChI is InChI=1S/C36H46N6O10S/c1-17(2)11-26-32(46)37-18(3)30(44)42-29(19(4)43)34(48)40-28(36(49)50)16-53-35-24(23-9-7-8-10-25(23)41-35)15-27(33(47)39-26)38-31(45)20-12-21(51-5)14-22(13-20)52-6/h7-10,12-14,17-19,26-29,41,43H,11,15-16H2,1-6H3,(H,37,46)(H,38,45)(H,39,47)(H,40,48)(H,42,44)(H,49,50)/t18-,19-,26+,27+,28+,29+/m1/s1. The van der Waals surface area contributed by atoms with Crippen molar-refractivity contribution in [1.82, 2.24) is 31.6 Å². The predicted molar refractivity (Wildman–Crippen MR) is 196 cm³/mol. The van der Waals surface area contributed by atoms with E-state index in [1.165, 1.54) is 40.2 Å². The number of nitrogens with one attached hydrogen (secondary N) is 6. The molecule has 53 heavy (non-hydrogen) atoms. The Morgan fingerprint density at radius 2 is 1.57 bits per heavy atom. The van der Waals surface area contributed by atoms with Crippen LogP contribution in [0.2, 0.25) is 0 Å². The fourth-order valence-corrected chi connectivity index (χ4v) is 6.84. The second-order valence-electron chi connectivity index (χ2n) is 13.2. The van der Waals surface area contributed by atoms with Gasteiger partial charge in [-0.05, 0) is 49.9 Å². The largest absolute Gasteiger partial charge is 0.497 e. The van der Waals surface area contributed by atoms with Crippen molar-refractivity contribution in [3.8, 4) is 11.5 Å². The number of aliphatic hydroxyl groups excluding tert-OH is 1. The molecule has 0 aliphatic carbocycles. The molecule has 17 heteroatoms. The third kappa shape index (κ3) is 10.4. The van der Waals surface area contributed by atoms with Crippen molar-refractivity contribution < 1.29 is 48.5 Å². The van der Waals surface area contributed by atoms with Crippen LogP contribution in [0, 0.1) is 5.92 Å². The van der Waals surface area contributed by atoms with Gasteiger partial charge in [-0.1, -0.05) is 32.0 Å². The zero-order valence-electron chi connectivity index (χ0n) is 30.3. The van der Waals surface area contributed by atoms with Crippen molar-refractivity contribution in [2.45, 2.75) is 81.9 Å². The maximum atomic E-state index is 14.3. The smallest absolute Gasteiger partial charge is 0.327 e. The number of methoxy groups -OCH3 is 2. The van der Waals surface area contributed by atoms with Crippen LogP contribution < -0.4 is 36.1 Å². The fraction of sp³-hybridized carbons (Fsp3) is 0.444. The van der Waals surface area contributed by atoms with Gasteiger partial charge in [0.2, 0.25) is 23.6 Å². The van der Waals surface area contributed by atoms with Crippen LogP contribution in [-0.2, 0) is 30.4 Å². The van der Waals surface area contributed by atoms with E-state index in [1.807, 2.05) is 19.9 Å².